The van der Waals surface area contributed by atoms with Crippen LogP contribution in [0.3, 0.4) is 0 Å². The Labute approximate surface area is 162 Å². The van der Waals surface area contributed by atoms with Crippen molar-refractivity contribution in [1.82, 2.24) is 18.7 Å². The zero-order valence-corrected chi connectivity index (χ0v) is 16.2. The molecule has 2 N–H and O–H groups in total. The number of nitrogens with zero attached hydrogens (tertiary/aromatic N) is 4. The summed E-state index contributed by atoms with van der Waals surface area (Å²) in [5, 5.41) is 9.36. The molecule has 0 saturated carbocycles. The van der Waals surface area contributed by atoms with Crippen LogP contribution >= 0.6 is 0 Å². The number of aliphatic hydroxyl groups excluding tert-OH is 1. The van der Waals surface area contributed by atoms with Gasteiger partial charge < -0.3 is 27.0 Å². The van der Waals surface area contributed by atoms with E-state index < -0.39 is 0 Å². The molecule has 1 aromatic carbocycles. The maximum absolute atomic E-state index is 12.5. The van der Waals surface area contributed by atoms with Crippen molar-refractivity contribution < 1.29 is 22.4 Å². The number of benzene rings is 1. The van der Waals surface area contributed by atoms with E-state index in [4.69, 9.17) is 0 Å². The van der Waals surface area contributed by atoms with E-state index in [1.807, 2.05) is 18.2 Å². The molecular weight excluding hydrogens is 370 g/mol. The molecule has 3 rings (SSSR count). The van der Waals surface area contributed by atoms with E-state index >= 15 is 0 Å². The monoisotopic (exact) mass is 393 g/mol. The molecule has 0 radical (unpaired) electrons. The lowest BCUT2D eigenvalue weighted by atomic mass is 10.2. The number of aryl methyl sites for hydroxylation is 1. The van der Waals surface area contributed by atoms with Gasteiger partial charge in [0.25, 0.3) is 5.56 Å². The number of hydrogen-bond donors (Lipinski definition) is 2. The van der Waals surface area contributed by atoms with Gasteiger partial charge in [0.1, 0.15) is 13.1 Å². The van der Waals surface area contributed by atoms with Gasteiger partial charge >= 0.3 is 5.69 Å². The summed E-state index contributed by atoms with van der Waals surface area (Å²) in [7, 11) is 3.08. The molecule has 0 aliphatic carbocycles. The first-order valence-electron chi connectivity index (χ1n) is 8.62. The largest absolute Gasteiger partial charge is 1.00 e. The van der Waals surface area contributed by atoms with Gasteiger partial charge in [-0.1, -0.05) is 30.3 Å². The molecule has 9 heteroatoms. The minimum Gasteiger partial charge on any atom is -1.00 e. The normalized spacial score (nSPS) is 12.1. The minimum absolute atomic E-state index is 0. The average Bonchev–Trinajstić information content (AvgIpc) is 3.08. The fraction of sp³-hybridized carbons (Fsp3) is 0.389. The summed E-state index contributed by atoms with van der Waals surface area (Å²) in [6.07, 6.45) is 1.60. The van der Waals surface area contributed by atoms with Crippen LogP contribution in [0.25, 0.3) is 11.2 Å². The quantitative estimate of drug-likeness (QED) is 0.424. The molecule has 146 valence electrons. The predicted molar refractivity (Wildman–Crippen MR) is 98.1 cm³/mol. The highest BCUT2D eigenvalue weighted by Crippen LogP contribution is 2.04. The third-order valence-electron chi connectivity index (χ3n) is 4.69. The smallest absolute Gasteiger partial charge is 0.332 e. The second-order valence-corrected chi connectivity index (χ2v) is 6.45. The fourth-order valence-electron chi connectivity index (χ4n) is 3.19. The van der Waals surface area contributed by atoms with Crippen LogP contribution in [0.15, 0.2) is 46.2 Å². The lowest BCUT2D eigenvalue weighted by Gasteiger charge is -2.19. The average molecular weight is 394 g/mol. The summed E-state index contributed by atoms with van der Waals surface area (Å²) in [5.41, 5.74) is 1.30. The van der Waals surface area contributed by atoms with Gasteiger partial charge in [0.15, 0.2) is 11.2 Å². The highest BCUT2D eigenvalue weighted by molar-refractivity contribution is 5.69. The topological polar surface area (TPSA) is 86.5 Å². The Morgan fingerprint density at radius 3 is 2.44 bits per heavy atom. The first-order chi connectivity index (χ1) is 12.5. The molecule has 0 fully saturated rings. The molecular formula is C18H24ClN5O3. The standard InChI is InChI=1S/C18H23N5O3.ClH/c1-20-16-15(17(25)21(2)18(20)26)23(13-19-16)9-8-22(10-11-24)12-14-6-4-3-5-7-14;/h3-7,13,24H,8-12H2,1-2H3;1H. The molecule has 0 saturated heterocycles. The number of fused-ring (bicyclic) bond motifs is 1. The van der Waals surface area contributed by atoms with Gasteiger partial charge in [-0.05, 0) is 0 Å². The van der Waals surface area contributed by atoms with Crippen molar-refractivity contribution in [2.24, 2.45) is 14.1 Å². The maximum atomic E-state index is 12.5. The van der Waals surface area contributed by atoms with Crippen molar-refractivity contribution in [1.29, 1.82) is 0 Å². The Bertz CT molecular complexity index is 1010. The molecule has 2 heterocycles. The zero-order chi connectivity index (χ0) is 18.7. The Morgan fingerprint density at radius 1 is 1.07 bits per heavy atom. The van der Waals surface area contributed by atoms with E-state index in [1.165, 1.54) is 22.1 Å². The maximum Gasteiger partial charge on any atom is 0.332 e. The Kier molecular flexibility index (Phi) is 6.95. The summed E-state index contributed by atoms with van der Waals surface area (Å²) in [5.74, 6) is 0. The highest BCUT2D eigenvalue weighted by atomic mass is 35.5. The van der Waals surface area contributed by atoms with Crippen LogP contribution in [0.2, 0.25) is 0 Å². The molecule has 27 heavy (non-hydrogen) atoms. The van der Waals surface area contributed by atoms with Gasteiger partial charge in [0.05, 0.1) is 26.0 Å². The zero-order valence-electron chi connectivity index (χ0n) is 15.4. The molecule has 0 aliphatic heterocycles. The van der Waals surface area contributed by atoms with Crippen LogP contribution in [0.1, 0.15) is 5.56 Å². The number of aliphatic hydroxyl groups is 1. The summed E-state index contributed by atoms with van der Waals surface area (Å²) in [6.45, 7) is 2.82. The number of nitrogens with one attached hydrogen (secondary N) is 1. The van der Waals surface area contributed by atoms with Gasteiger partial charge in [-0.15, -0.1) is 0 Å². The molecule has 2 aromatic heterocycles. The van der Waals surface area contributed by atoms with Gasteiger partial charge in [0, 0.05) is 19.7 Å². The summed E-state index contributed by atoms with van der Waals surface area (Å²) >= 11 is 0. The molecule has 0 amide bonds. The van der Waals surface area contributed by atoms with Gasteiger partial charge in [-0.2, -0.15) is 0 Å². The second kappa shape index (κ2) is 8.98. The van der Waals surface area contributed by atoms with E-state index in [9.17, 15) is 14.7 Å². The highest BCUT2D eigenvalue weighted by Gasteiger charge is 2.16. The number of hydrogen-bond acceptors (Lipinski definition) is 4. The molecule has 8 nitrogen and oxygen atoms in total. The van der Waals surface area contributed by atoms with E-state index in [1.54, 1.807) is 17.9 Å². The number of aromatic nitrogens is 4. The molecule has 0 spiro atoms. The molecule has 0 bridgehead atoms. The van der Waals surface area contributed by atoms with Crippen molar-refractivity contribution in [2.75, 3.05) is 19.7 Å². The SMILES string of the molecule is Cn1c(=O)c2c(ncn2CC[NH+](CCO)Cc2ccccc2)n(C)c1=O.[Cl-]. The molecule has 0 aliphatic rings. The molecule has 1 atom stereocenters. The van der Waals surface area contributed by atoms with Crippen LogP contribution < -0.4 is 28.6 Å². The summed E-state index contributed by atoms with van der Waals surface area (Å²) < 4.78 is 4.28. The predicted octanol–water partition coefficient (Wildman–Crippen LogP) is -4.48. The summed E-state index contributed by atoms with van der Waals surface area (Å²) in [6, 6.07) is 10.1. The van der Waals surface area contributed by atoms with Crippen LogP contribution in [0.5, 0.6) is 0 Å². The lowest BCUT2D eigenvalue weighted by molar-refractivity contribution is -0.914. The first-order valence-corrected chi connectivity index (χ1v) is 8.62. The van der Waals surface area contributed by atoms with E-state index in [0.29, 0.717) is 24.3 Å². The van der Waals surface area contributed by atoms with E-state index in [2.05, 4.69) is 17.1 Å². The Morgan fingerprint density at radius 2 is 1.78 bits per heavy atom. The van der Waals surface area contributed by atoms with E-state index in [0.717, 1.165) is 17.7 Å². The fourth-order valence-corrected chi connectivity index (χ4v) is 3.19. The van der Waals surface area contributed by atoms with Crippen molar-refractivity contribution in [3.05, 3.63) is 63.1 Å². The van der Waals surface area contributed by atoms with Crippen molar-refractivity contribution in [3.63, 3.8) is 0 Å². The summed E-state index contributed by atoms with van der Waals surface area (Å²) in [4.78, 5) is 30.0. The van der Waals surface area contributed by atoms with Crippen molar-refractivity contribution >= 4 is 11.2 Å². The molecule has 3 aromatic rings. The van der Waals surface area contributed by atoms with Crippen LogP contribution in [-0.4, -0.2) is 43.5 Å². The number of halogens is 1. The van der Waals surface area contributed by atoms with Crippen molar-refractivity contribution in [3.8, 4) is 0 Å². The molecule has 1 unspecified atom stereocenters. The van der Waals surface area contributed by atoms with Crippen molar-refractivity contribution in [2.45, 2.75) is 13.1 Å². The van der Waals surface area contributed by atoms with E-state index in [-0.39, 0.29) is 30.3 Å². The number of rotatable bonds is 7. The minimum atomic E-state index is -0.385. The van der Waals surface area contributed by atoms with Crippen LogP contribution in [0.4, 0.5) is 0 Å². The van der Waals surface area contributed by atoms with Gasteiger partial charge in [0.2, 0.25) is 0 Å². The lowest BCUT2D eigenvalue weighted by Crippen LogP contribution is -3.11. The van der Waals surface area contributed by atoms with Crippen LogP contribution in [-0.2, 0) is 27.2 Å². The first kappa shape index (κ1) is 20.9. The number of quaternary nitrogens is 1. The third-order valence-corrected chi connectivity index (χ3v) is 4.69. The Balaban J connectivity index is 0.00000261. The second-order valence-electron chi connectivity index (χ2n) is 6.45. The van der Waals surface area contributed by atoms with Gasteiger partial charge in [-0.3, -0.25) is 13.9 Å². The van der Waals surface area contributed by atoms with Gasteiger partial charge in [-0.25, -0.2) is 9.78 Å². The van der Waals surface area contributed by atoms with Crippen LogP contribution in [0, 0.1) is 0 Å². The number of imidazole rings is 1. The third kappa shape index (κ3) is 4.29. The Hall–Kier alpha value is -2.42.